The molecule has 1 heterocycles. The Labute approximate surface area is 104 Å². The summed E-state index contributed by atoms with van der Waals surface area (Å²) in [6.45, 7) is 3.15. The van der Waals surface area contributed by atoms with E-state index in [0.717, 1.165) is 12.1 Å². The molecule has 6 nitrogen and oxygen atoms in total. The molecule has 2 rings (SSSR count). The van der Waals surface area contributed by atoms with Crippen molar-refractivity contribution in [1.29, 1.82) is 0 Å². The number of aryl methyl sites for hydroxylation is 1. The first kappa shape index (κ1) is 12.3. The molecule has 0 amide bonds. The van der Waals surface area contributed by atoms with E-state index in [1.807, 2.05) is 18.2 Å². The Hall–Kier alpha value is -2.21. The zero-order valence-electron chi connectivity index (χ0n) is 10.2. The summed E-state index contributed by atoms with van der Waals surface area (Å²) in [5.74, 6) is 0.513. The summed E-state index contributed by atoms with van der Waals surface area (Å²) < 4.78 is 0. The van der Waals surface area contributed by atoms with Crippen LogP contribution in [0.4, 0.5) is 5.82 Å². The van der Waals surface area contributed by atoms with Gasteiger partial charge in [-0.3, -0.25) is 0 Å². The monoisotopic (exact) mass is 246 g/mol. The maximum absolute atomic E-state index is 11.1. The van der Waals surface area contributed by atoms with E-state index >= 15 is 0 Å². The minimum Gasteiger partial charge on any atom is -0.364 e. The fraction of sp³-hybridized carbons (Fsp3) is 0.250. The second kappa shape index (κ2) is 5.42. The number of quaternary nitrogens is 1. The summed E-state index contributed by atoms with van der Waals surface area (Å²) >= 11 is 0. The lowest BCUT2D eigenvalue weighted by molar-refractivity contribution is -0.386. The largest absolute Gasteiger partial charge is 0.364 e. The molecule has 0 atom stereocenters. The van der Waals surface area contributed by atoms with Crippen molar-refractivity contribution < 1.29 is 5.73 Å². The molecule has 18 heavy (non-hydrogen) atoms. The van der Waals surface area contributed by atoms with Gasteiger partial charge >= 0.3 is 5.69 Å². The summed E-state index contributed by atoms with van der Waals surface area (Å²) in [5, 5.41) is 9.25. The van der Waals surface area contributed by atoms with Crippen LogP contribution in [0.2, 0.25) is 0 Å². The molecule has 0 unspecified atom stereocenters. The van der Waals surface area contributed by atoms with E-state index in [1.54, 1.807) is 6.92 Å². The molecule has 0 aliphatic rings. The molecule has 0 bridgehead atoms. The van der Waals surface area contributed by atoms with Gasteiger partial charge in [0.25, 0.3) is 0 Å². The van der Waals surface area contributed by atoms with E-state index in [4.69, 9.17) is 0 Å². The molecule has 5 N–H and O–H groups in total. The van der Waals surface area contributed by atoms with Crippen molar-refractivity contribution >= 4 is 5.82 Å². The Balaban J connectivity index is 2.11. The highest BCUT2D eigenvalue weighted by Crippen LogP contribution is 2.08. The number of benzene rings is 1. The molecule has 0 aliphatic heterocycles. The van der Waals surface area contributed by atoms with Crippen molar-refractivity contribution in [2.24, 2.45) is 0 Å². The Bertz CT molecular complexity index is 593. The second-order valence-electron chi connectivity index (χ2n) is 4.00. The van der Waals surface area contributed by atoms with Crippen LogP contribution in [0, 0.1) is 6.92 Å². The van der Waals surface area contributed by atoms with Crippen LogP contribution in [-0.4, -0.2) is 15.2 Å². The van der Waals surface area contributed by atoms with E-state index in [1.165, 1.54) is 5.56 Å². The highest BCUT2D eigenvalue weighted by Gasteiger charge is 2.02. The molecular formula is C12H16N5O+. The first-order valence-electron chi connectivity index (χ1n) is 5.73. The van der Waals surface area contributed by atoms with Crippen molar-refractivity contribution in [3.8, 4) is 0 Å². The first-order chi connectivity index (χ1) is 8.69. The summed E-state index contributed by atoms with van der Waals surface area (Å²) in [6.07, 6.45) is 0. The molecule has 94 valence electrons. The average molecular weight is 246 g/mol. The lowest BCUT2D eigenvalue weighted by atomic mass is 10.1. The minimum absolute atomic E-state index is 0.449. The van der Waals surface area contributed by atoms with Crippen LogP contribution in [0.1, 0.15) is 16.8 Å². The number of aromatic nitrogens is 3. The van der Waals surface area contributed by atoms with Crippen molar-refractivity contribution in [2.45, 2.75) is 20.0 Å². The van der Waals surface area contributed by atoms with Crippen molar-refractivity contribution in [3.05, 3.63) is 51.6 Å². The van der Waals surface area contributed by atoms with Crippen LogP contribution < -0.4 is 16.7 Å². The van der Waals surface area contributed by atoms with Gasteiger partial charge in [-0.1, -0.05) is 18.2 Å². The Morgan fingerprint density at radius 3 is 2.94 bits per heavy atom. The molecule has 0 spiro atoms. The number of aromatic amines is 1. The predicted octanol–water partition coefficient (Wildman–Crippen LogP) is -0.173. The van der Waals surface area contributed by atoms with E-state index in [9.17, 15) is 4.79 Å². The first-order valence-corrected chi connectivity index (χ1v) is 5.73. The molecule has 1 aromatic carbocycles. The average Bonchev–Trinajstić information content (AvgIpc) is 2.40. The molecule has 1 aromatic heterocycles. The van der Waals surface area contributed by atoms with Gasteiger partial charge < -0.3 is 11.1 Å². The highest BCUT2D eigenvalue weighted by molar-refractivity contribution is 5.38. The third kappa shape index (κ3) is 2.92. The van der Waals surface area contributed by atoms with Crippen LogP contribution in [0.5, 0.6) is 0 Å². The van der Waals surface area contributed by atoms with Gasteiger partial charge in [0.05, 0.1) is 6.54 Å². The summed E-state index contributed by atoms with van der Waals surface area (Å²) in [4.78, 5) is 14.9. The van der Waals surface area contributed by atoms with E-state index in [0.29, 0.717) is 18.1 Å². The lowest BCUT2D eigenvalue weighted by Gasteiger charge is -2.07. The maximum Gasteiger partial charge on any atom is 0.363 e. The predicted molar refractivity (Wildman–Crippen MR) is 67.8 cm³/mol. The number of anilines is 1. The number of nitrogens with zero attached hydrogens (tertiary/aromatic N) is 2. The standard InChI is InChI=1S/C12H15N5O/c1-8-11(15-12(18)17-16-8)14-7-10-4-2-3-9(5-10)6-13/h2-5H,6-7,13H2,1H3,(H2,14,15,17,18)/p+1. The number of rotatable bonds is 4. The topological polar surface area (TPSA) is 98.3 Å². The van der Waals surface area contributed by atoms with Gasteiger partial charge in [0, 0.05) is 12.1 Å². The second-order valence-corrected chi connectivity index (χ2v) is 4.00. The van der Waals surface area contributed by atoms with Crippen molar-refractivity contribution in [2.75, 3.05) is 5.32 Å². The molecule has 0 fully saturated rings. The molecule has 0 saturated heterocycles. The normalized spacial score (nSPS) is 10.3. The van der Waals surface area contributed by atoms with Crippen LogP contribution >= 0.6 is 0 Å². The SMILES string of the molecule is Cc1n[nH]c(=O)nc1NCc1cccc(C[NH3+])c1. The van der Waals surface area contributed by atoms with Gasteiger partial charge in [-0.2, -0.15) is 10.1 Å². The maximum atomic E-state index is 11.1. The Morgan fingerprint density at radius 2 is 2.17 bits per heavy atom. The number of hydrogen-bond donors (Lipinski definition) is 3. The summed E-state index contributed by atoms with van der Waals surface area (Å²) in [6, 6.07) is 8.13. The number of nitrogens with one attached hydrogen (secondary N) is 2. The summed E-state index contributed by atoms with van der Waals surface area (Å²) in [5.41, 5.74) is 6.38. The zero-order chi connectivity index (χ0) is 13.0. The third-order valence-corrected chi connectivity index (χ3v) is 2.62. The Morgan fingerprint density at radius 1 is 1.39 bits per heavy atom. The van der Waals surface area contributed by atoms with Gasteiger partial charge in [-0.25, -0.2) is 9.89 Å². The fourth-order valence-corrected chi connectivity index (χ4v) is 1.64. The van der Waals surface area contributed by atoms with Gasteiger partial charge in [-0.15, -0.1) is 0 Å². The quantitative estimate of drug-likeness (QED) is 0.697. The molecule has 0 radical (unpaired) electrons. The van der Waals surface area contributed by atoms with E-state index < -0.39 is 5.69 Å². The Kier molecular flexibility index (Phi) is 3.69. The van der Waals surface area contributed by atoms with Crippen LogP contribution in [0.25, 0.3) is 0 Å². The third-order valence-electron chi connectivity index (χ3n) is 2.62. The molecule has 6 heteroatoms. The van der Waals surface area contributed by atoms with Gasteiger partial charge in [-0.05, 0) is 18.6 Å². The van der Waals surface area contributed by atoms with Crippen LogP contribution in [0.3, 0.4) is 0 Å². The lowest BCUT2D eigenvalue weighted by Crippen LogP contribution is -2.47. The van der Waals surface area contributed by atoms with E-state index in [-0.39, 0.29) is 0 Å². The highest BCUT2D eigenvalue weighted by atomic mass is 16.1. The summed E-state index contributed by atoms with van der Waals surface area (Å²) in [7, 11) is 0. The minimum atomic E-state index is -0.449. The van der Waals surface area contributed by atoms with Crippen molar-refractivity contribution in [3.63, 3.8) is 0 Å². The number of hydrogen-bond acceptors (Lipinski definition) is 4. The molecule has 0 aliphatic carbocycles. The molecule has 2 aromatic rings. The van der Waals surface area contributed by atoms with E-state index in [2.05, 4.69) is 32.3 Å². The van der Waals surface area contributed by atoms with Gasteiger partial charge in [0.15, 0.2) is 5.82 Å². The smallest absolute Gasteiger partial charge is 0.363 e. The number of H-pyrrole nitrogens is 1. The molecular weight excluding hydrogens is 230 g/mol. The van der Waals surface area contributed by atoms with Gasteiger partial charge in [0.1, 0.15) is 5.69 Å². The zero-order valence-corrected chi connectivity index (χ0v) is 10.2. The van der Waals surface area contributed by atoms with Crippen LogP contribution in [-0.2, 0) is 13.1 Å². The fourth-order valence-electron chi connectivity index (χ4n) is 1.64. The van der Waals surface area contributed by atoms with Crippen LogP contribution in [0.15, 0.2) is 29.1 Å². The van der Waals surface area contributed by atoms with Crippen molar-refractivity contribution in [1.82, 2.24) is 15.2 Å². The molecule has 0 saturated carbocycles. The van der Waals surface area contributed by atoms with Gasteiger partial charge in [0.2, 0.25) is 0 Å².